The van der Waals surface area contributed by atoms with Crippen LogP contribution in [-0.2, 0) is 19.3 Å². The summed E-state index contributed by atoms with van der Waals surface area (Å²) in [5.41, 5.74) is 0.0615. The van der Waals surface area contributed by atoms with Gasteiger partial charge in [0.1, 0.15) is 0 Å². The van der Waals surface area contributed by atoms with Crippen LogP contribution < -0.4 is 0 Å². The molecule has 1 fully saturated rings. The van der Waals surface area contributed by atoms with E-state index in [1.54, 1.807) is 0 Å². The van der Waals surface area contributed by atoms with Gasteiger partial charge in [-0.1, -0.05) is 0 Å². The maximum Gasteiger partial charge on any atom is 0.335 e. The lowest BCUT2D eigenvalue weighted by Gasteiger charge is -2.09. The van der Waals surface area contributed by atoms with Crippen LogP contribution in [-0.4, -0.2) is 51.7 Å². The van der Waals surface area contributed by atoms with Gasteiger partial charge < -0.3 is 14.6 Å². The summed E-state index contributed by atoms with van der Waals surface area (Å²) in [5, 5.41) is 8.78. The molecule has 116 valence electrons. The van der Waals surface area contributed by atoms with Gasteiger partial charge in [0.15, 0.2) is 9.84 Å². The molecule has 1 N–H and O–H groups in total. The molecular formula is C14H18O6S. The average molecular weight is 314 g/mol. The van der Waals surface area contributed by atoms with Crippen LogP contribution in [0, 0.1) is 5.92 Å². The Morgan fingerprint density at radius 2 is 2.05 bits per heavy atom. The Bertz CT molecular complexity index is 572. The zero-order valence-electron chi connectivity index (χ0n) is 11.5. The van der Waals surface area contributed by atoms with Crippen molar-refractivity contribution in [3.63, 3.8) is 0 Å². The first kappa shape index (κ1) is 15.9. The van der Waals surface area contributed by atoms with Crippen LogP contribution in [0.1, 0.15) is 16.8 Å². The van der Waals surface area contributed by atoms with Gasteiger partial charge in [0.2, 0.25) is 0 Å². The first-order valence-corrected chi connectivity index (χ1v) is 8.36. The SMILES string of the molecule is O=C(O)c1ccc(S(=O)(=O)CCOCC2CCOC2)cc1. The predicted octanol–water partition coefficient (Wildman–Crippen LogP) is 1.21. The van der Waals surface area contributed by atoms with Crippen molar-refractivity contribution in [2.24, 2.45) is 5.92 Å². The van der Waals surface area contributed by atoms with Crippen molar-refractivity contribution in [2.45, 2.75) is 11.3 Å². The van der Waals surface area contributed by atoms with E-state index in [9.17, 15) is 13.2 Å². The van der Waals surface area contributed by atoms with E-state index in [1.807, 2.05) is 0 Å². The molecule has 1 saturated heterocycles. The summed E-state index contributed by atoms with van der Waals surface area (Å²) in [6, 6.07) is 5.19. The minimum atomic E-state index is -3.45. The lowest BCUT2D eigenvalue weighted by molar-refractivity contribution is 0.0696. The molecule has 0 saturated carbocycles. The van der Waals surface area contributed by atoms with Crippen LogP contribution in [0.2, 0.25) is 0 Å². The number of hydrogen-bond acceptors (Lipinski definition) is 5. The Labute approximate surface area is 123 Å². The van der Waals surface area contributed by atoms with Crippen LogP contribution in [0.25, 0.3) is 0 Å². The number of carbonyl (C=O) groups is 1. The first-order valence-electron chi connectivity index (χ1n) is 6.70. The van der Waals surface area contributed by atoms with Gasteiger partial charge in [0.05, 0.1) is 36.0 Å². The number of benzene rings is 1. The van der Waals surface area contributed by atoms with Gasteiger partial charge in [-0.05, 0) is 30.7 Å². The van der Waals surface area contributed by atoms with Crippen LogP contribution >= 0.6 is 0 Å². The molecule has 0 spiro atoms. The molecule has 21 heavy (non-hydrogen) atoms. The third kappa shape index (κ3) is 4.52. The zero-order chi connectivity index (χ0) is 15.3. The van der Waals surface area contributed by atoms with Crippen LogP contribution in [0.3, 0.4) is 0 Å². The maximum atomic E-state index is 12.1. The quantitative estimate of drug-likeness (QED) is 0.761. The second-order valence-electron chi connectivity index (χ2n) is 4.95. The van der Waals surface area contributed by atoms with E-state index in [-0.39, 0.29) is 22.8 Å². The Morgan fingerprint density at radius 1 is 1.33 bits per heavy atom. The Kier molecular flexibility index (Phi) is 5.33. The Balaban J connectivity index is 1.84. The van der Waals surface area contributed by atoms with Crippen LogP contribution in [0.5, 0.6) is 0 Å². The molecule has 1 aromatic carbocycles. The average Bonchev–Trinajstić information content (AvgIpc) is 2.97. The second-order valence-corrected chi connectivity index (χ2v) is 7.06. The monoisotopic (exact) mass is 314 g/mol. The number of ether oxygens (including phenoxy) is 2. The summed E-state index contributed by atoms with van der Waals surface area (Å²) in [5.74, 6) is -0.851. The molecule has 1 unspecified atom stereocenters. The first-order chi connectivity index (χ1) is 9.99. The molecule has 0 amide bonds. The molecule has 7 heteroatoms. The summed E-state index contributed by atoms with van der Waals surface area (Å²) in [4.78, 5) is 10.8. The highest BCUT2D eigenvalue weighted by atomic mass is 32.2. The zero-order valence-corrected chi connectivity index (χ0v) is 12.3. The molecular weight excluding hydrogens is 296 g/mol. The number of hydrogen-bond donors (Lipinski definition) is 1. The molecule has 0 radical (unpaired) electrons. The van der Waals surface area contributed by atoms with Crippen molar-refractivity contribution in [3.8, 4) is 0 Å². The fourth-order valence-electron chi connectivity index (χ4n) is 2.06. The smallest absolute Gasteiger partial charge is 0.335 e. The van der Waals surface area contributed by atoms with Crippen LogP contribution in [0.15, 0.2) is 29.2 Å². The summed E-state index contributed by atoms with van der Waals surface area (Å²) in [6.45, 7) is 2.04. The summed E-state index contributed by atoms with van der Waals surface area (Å²) in [6.07, 6.45) is 0.948. The van der Waals surface area contributed by atoms with Gasteiger partial charge in [-0.3, -0.25) is 0 Å². The molecule has 0 aromatic heterocycles. The van der Waals surface area contributed by atoms with Crippen molar-refractivity contribution in [3.05, 3.63) is 29.8 Å². The van der Waals surface area contributed by atoms with Gasteiger partial charge in [0, 0.05) is 12.5 Å². The predicted molar refractivity (Wildman–Crippen MR) is 75.2 cm³/mol. The third-order valence-electron chi connectivity index (χ3n) is 3.33. The number of rotatable bonds is 7. The third-order valence-corrected chi connectivity index (χ3v) is 5.03. The van der Waals surface area contributed by atoms with Gasteiger partial charge in [0.25, 0.3) is 0 Å². The molecule has 0 bridgehead atoms. The summed E-state index contributed by atoms with van der Waals surface area (Å²) >= 11 is 0. The van der Waals surface area contributed by atoms with Gasteiger partial charge >= 0.3 is 5.97 Å². The van der Waals surface area contributed by atoms with E-state index < -0.39 is 15.8 Å². The summed E-state index contributed by atoms with van der Waals surface area (Å²) in [7, 11) is -3.45. The highest BCUT2D eigenvalue weighted by molar-refractivity contribution is 7.91. The number of carboxylic acid groups (broad SMARTS) is 1. The van der Waals surface area contributed by atoms with Crippen molar-refractivity contribution in [2.75, 3.05) is 32.2 Å². The largest absolute Gasteiger partial charge is 0.478 e. The highest BCUT2D eigenvalue weighted by Crippen LogP contribution is 2.14. The minimum Gasteiger partial charge on any atom is -0.478 e. The van der Waals surface area contributed by atoms with Crippen LogP contribution in [0.4, 0.5) is 0 Å². The Morgan fingerprint density at radius 3 is 2.62 bits per heavy atom. The van der Waals surface area contributed by atoms with Crippen molar-refractivity contribution < 1.29 is 27.8 Å². The standard InChI is InChI=1S/C14H18O6S/c15-14(16)12-1-3-13(4-2-12)21(17,18)8-7-20-10-11-5-6-19-9-11/h1-4,11H,5-10H2,(H,15,16). The number of carboxylic acids is 1. The molecule has 1 aliphatic heterocycles. The van der Waals surface area contributed by atoms with E-state index in [0.717, 1.165) is 13.0 Å². The summed E-state index contributed by atoms with van der Waals surface area (Å²) < 4.78 is 34.7. The molecule has 6 nitrogen and oxygen atoms in total. The highest BCUT2D eigenvalue weighted by Gasteiger charge is 2.18. The van der Waals surface area contributed by atoms with E-state index >= 15 is 0 Å². The van der Waals surface area contributed by atoms with Crippen molar-refractivity contribution >= 4 is 15.8 Å². The fraction of sp³-hybridized carbons (Fsp3) is 0.500. The molecule has 2 rings (SSSR count). The molecule has 1 atom stereocenters. The fourth-order valence-corrected chi connectivity index (χ4v) is 3.18. The lowest BCUT2D eigenvalue weighted by Crippen LogP contribution is -2.16. The van der Waals surface area contributed by atoms with Crippen molar-refractivity contribution in [1.29, 1.82) is 0 Å². The second kappa shape index (κ2) is 7.02. The van der Waals surface area contributed by atoms with Gasteiger partial charge in [-0.15, -0.1) is 0 Å². The van der Waals surface area contributed by atoms with Gasteiger partial charge in [-0.2, -0.15) is 0 Å². The maximum absolute atomic E-state index is 12.1. The minimum absolute atomic E-state index is 0.0615. The topological polar surface area (TPSA) is 89.9 Å². The van der Waals surface area contributed by atoms with E-state index in [4.69, 9.17) is 14.6 Å². The van der Waals surface area contributed by atoms with E-state index in [1.165, 1.54) is 24.3 Å². The molecule has 1 heterocycles. The molecule has 1 aromatic rings. The van der Waals surface area contributed by atoms with Gasteiger partial charge in [-0.25, -0.2) is 13.2 Å². The molecule has 0 aliphatic carbocycles. The number of aromatic carboxylic acids is 1. The normalized spacial score (nSPS) is 18.8. The van der Waals surface area contributed by atoms with E-state index in [0.29, 0.717) is 19.1 Å². The van der Waals surface area contributed by atoms with Crippen molar-refractivity contribution in [1.82, 2.24) is 0 Å². The Hall–Kier alpha value is -1.44. The lowest BCUT2D eigenvalue weighted by atomic mass is 10.1. The molecule has 1 aliphatic rings. The number of sulfone groups is 1. The van der Waals surface area contributed by atoms with E-state index in [2.05, 4.69) is 0 Å².